The van der Waals surface area contributed by atoms with Gasteiger partial charge in [-0.15, -0.1) is 0 Å². The predicted octanol–water partition coefficient (Wildman–Crippen LogP) is 2.44. The van der Waals surface area contributed by atoms with E-state index in [-0.39, 0.29) is 11.7 Å². The van der Waals surface area contributed by atoms with Crippen molar-refractivity contribution in [2.24, 2.45) is 0 Å². The minimum Gasteiger partial charge on any atom is -0.287 e. The van der Waals surface area contributed by atoms with Crippen molar-refractivity contribution < 1.29 is 9.18 Å². The zero-order valence-corrected chi connectivity index (χ0v) is 7.12. The molecule has 0 bridgehead atoms. The van der Waals surface area contributed by atoms with E-state index in [0.29, 0.717) is 0 Å². The molecule has 0 spiro atoms. The zero-order valence-electron chi connectivity index (χ0n) is 7.12. The Kier molecular flexibility index (Phi) is 1.65. The lowest BCUT2D eigenvalue weighted by atomic mass is 10.2. The second kappa shape index (κ2) is 2.69. The minimum absolute atomic E-state index is 0.0680. The van der Waals surface area contributed by atoms with Crippen LogP contribution in [0, 0.1) is 5.82 Å². The summed E-state index contributed by atoms with van der Waals surface area (Å²) in [6.45, 7) is 1.47. The van der Waals surface area contributed by atoms with Crippen molar-refractivity contribution in [1.82, 2.24) is 4.57 Å². The van der Waals surface area contributed by atoms with E-state index in [9.17, 15) is 9.18 Å². The molecule has 0 aliphatic carbocycles. The Morgan fingerprint density at radius 2 is 2.15 bits per heavy atom. The van der Waals surface area contributed by atoms with Gasteiger partial charge in [0.25, 0.3) is 0 Å². The van der Waals surface area contributed by atoms with Gasteiger partial charge in [-0.2, -0.15) is 0 Å². The Morgan fingerprint density at radius 3 is 2.85 bits per heavy atom. The lowest BCUT2D eigenvalue weighted by Gasteiger charge is -1.97. The van der Waals surface area contributed by atoms with Gasteiger partial charge in [-0.05, 0) is 24.3 Å². The van der Waals surface area contributed by atoms with Gasteiger partial charge < -0.3 is 0 Å². The van der Waals surface area contributed by atoms with Gasteiger partial charge >= 0.3 is 0 Å². The lowest BCUT2D eigenvalue weighted by Crippen LogP contribution is -2.02. The first-order chi connectivity index (χ1) is 6.18. The molecule has 66 valence electrons. The van der Waals surface area contributed by atoms with Crippen molar-refractivity contribution in [2.45, 2.75) is 6.92 Å². The number of fused-ring (bicyclic) bond motifs is 1. The van der Waals surface area contributed by atoms with Gasteiger partial charge in [0.2, 0.25) is 5.91 Å². The standard InChI is InChI=1S/C10H8FNO/c1-7(13)12-5-4-8-6-9(11)2-3-10(8)12/h2-6H,1H3. The highest BCUT2D eigenvalue weighted by Gasteiger charge is 2.04. The van der Waals surface area contributed by atoms with Gasteiger partial charge in [0.1, 0.15) is 5.82 Å². The maximum Gasteiger partial charge on any atom is 0.227 e. The van der Waals surface area contributed by atoms with Crippen molar-refractivity contribution in [1.29, 1.82) is 0 Å². The van der Waals surface area contributed by atoms with E-state index in [0.717, 1.165) is 10.9 Å². The fraction of sp³-hybridized carbons (Fsp3) is 0.100. The molecule has 1 aromatic carbocycles. The summed E-state index contributed by atoms with van der Waals surface area (Å²) in [4.78, 5) is 11.1. The van der Waals surface area contributed by atoms with Crippen LogP contribution in [-0.2, 0) is 0 Å². The number of rotatable bonds is 0. The summed E-state index contributed by atoms with van der Waals surface area (Å²) in [5.41, 5.74) is 0.744. The summed E-state index contributed by atoms with van der Waals surface area (Å²) in [5.74, 6) is -0.351. The van der Waals surface area contributed by atoms with Gasteiger partial charge in [0, 0.05) is 18.5 Å². The van der Waals surface area contributed by atoms with Crippen LogP contribution in [0.5, 0.6) is 0 Å². The van der Waals surface area contributed by atoms with Crippen LogP contribution in [0.2, 0.25) is 0 Å². The van der Waals surface area contributed by atoms with Crippen molar-refractivity contribution in [3.8, 4) is 0 Å². The van der Waals surface area contributed by atoms with Gasteiger partial charge in [-0.3, -0.25) is 9.36 Å². The molecule has 0 amide bonds. The second-order valence-corrected chi connectivity index (χ2v) is 2.91. The molecule has 3 heteroatoms. The van der Waals surface area contributed by atoms with Gasteiger partial charge in [-0.1, -0.05) is 0 Å². The normalized spacial score (nSPS) is 10.6. The molecule has 0 N–H and O–H groups in total. The molecule has 0 unspecified atom stereocenters. The number of halogens is 1. The van der Waals surface area contributed by atoms with Crippen molar-refractivity contribution in [3.05, 3.63) is 36.3 Å². The molecule has 0 atom stereocenters. The third kappa shape index (κ3) is 1.22. The number of hydrogen-bond donors (Lipinski definition) is 0. The quantitative estimate of drug-likeness (QED) is 0.605. The number of hydrogen-bond acceptors (Lipinski definition) is 1. The van der Waals surface area contributed by atoms with Crippen LogP contribution in [0.25, 0.3) is 10.9 Å². The molecule has 1 aromatic heterocycles. The number of benzene rings is 1. The molecule has 2 nitrogen and oxygen atoms in total. The molecule has 2 aromatic rings. The summed E-state index contributed by atoms with van der Waals surface area (Å²) >= 11 is 0. The van der Waals surface area contributed by atoms with E-state index in [2.05, 4.69) is 0 Å². The molecule has 0 aliphatic rings. The van der Waals surface area contributed by atoms with Crippen LogP contribution < -0.4 is 0 Å². The zero-order chi connectivity index (χ0) is 9.42. The van der Waals surface area contributed by atoms with E-state index in [1.807, 2.05) is 0 Å². The van der Waals surface area contributed by atoms with Crippen molar-refractivity contribution in [3.63, 3.8) is 0 Å². The maximum absolute atomic E-state index is 12.8. The Bertz CT molecular complexity index is 473. The predicted molar refractivity (Wildman–Crippen MR) is 48.2 cm³/mol. The van der Waals surface area contributed by atoms with Gasteiger partial charge in [0.15, 0.2) is 0 Å². The van der Waals surface area contributed by atoms with Crippen LogP contribution >= 0.6 is 0 Å². The van der Waals surface area contributed by atoms with Crippen LogP contribution in [-0.4, -0.2) is 10.5 Å². The average molecular weight is 177 g/mol. The molecule has 0 saturated carbocycles. The highest BCUT2D eigenvalue weighted by molar-refractivity contribution is 5.91. The molecular weight excluding hydrogens is 169 g/mol. The fourth-order valence-electron chi connectivity index (χ4n) is 1.39. The summed E-state index contributed by atoms with van der Waals surface area (Å²) in [6.07, 6.45) is 1.65. The lowest BCUT2D eigenvalue weighted by molar-refractivity contribution is 0.0941. The van der Waals surface area contributed by atoms with Crippen LogP contribution in [0.3, 0.4) is 0 Å². The average Bonchev–Trinajstić information content (AvgIpc) is 2.46. The Morgan fingerprint density at radius 1 is 1.38 bits per heavy atom. The highest BCUT2D eigenvalue weighted by Crippen LogP contribution is 2.16. The van der Waals surface area contributed by atoms with E-state index in [4.69, 9.17) is 0 Å². The third-order valence-electron chi connectivity index (χ3n) is 1.99. The first-order valence-corrected chi connectivity index (χ1v) is 3.96. The summed E-state index contributed by atoms with van der Waals surface area (Å²) < 4.78 is 14.2. The first kappa shape index (κ1) is 7.98. The largest absolute Gasteiger partial charge is 0.287 e. The summed E-state index contributed by atoms with van der Waals surface area (Å²) in [5, 5.41) is 0.746. The molecular formula is C10H8FNO. The highest BCUT2D eigenvalue weighted by atomic mass is 19.1. The molecule has 0 aliphatic heterocycles. The number of nitrogens with zero attached hydrogens (tertiary/aromatic N) is 1. The maximum atomic E-state index is 12.8. The Hall–Kier alpha value is -1.64. The molecule has 13 heavy (non-hydrogen) atoms. The van der Waals surface area contributed by atoms with Crippen LogP contribution in [0.4, 0.5) is 4.39 Å². The van der Waals surface area contributed by atoms with E-state index >= 15 is 0 Å². The molecule has 0 saturated heterocycles. The van der Waals surface area contributed by atoms with Gasteiger partial charge in [-0.25, -0.2) is 4.39 Å². The number of carbonyl (C=O) groups excluding carboxylic acids is 1. The minimum atomic E-state index is -0.284. The van der Waals surface area contributed by atoms with E-state index in [1.54, 1.807) is 18.3 Å². The SMILES string of the molecule is CC(=O)n1ccc2cc(F)ccc21. The van der Waals surface area contributed by atoms with Crippen molar-refractivity contribution >= 4 is 16.8 Å². The van der Waals surface area contributed by atoms with Crippen LogP contribution in [0.1, 0.15) is 11.7 Å². The summed E-state index contributed by atoms with van der Waals surface area (Å²) in [6, 6.07) is 6.09. The number of aromatic nitrogens is 1. The smallest absolute Gasteiger partial charge is 0.227 e. The second-order valence-electron chi connectivity index (χ2n) is 2.91. The van der Waals surface area contributed by atoms with Gasteiger partial charge in [0.05, 0.1) is 5.52 Å². The molecule has 2 rings (SSSR count). The fourth-order valence-corrected chi connectivity index (χ4v) is 1.39. The van der Waals surface area contributed by atoms with Crippen LogP contribution in [0.15, 0.2) is 30.5 Å². The summed E-state index contributed by atoms with van der Waals surface area (Å²) in [7, 11) is 0. The molecule has 0 fully saturated rings. The third-order valence-corrected chi connectivity index (χ3v) is 1.99. The molecule has 0 radical (unpaired) electrons. The Balaban J connectivity index is 2.76. The monoisotopic (exact) mass is 177 g/mol. The van der Waals surface area contributed by atoms with E-state index in [1.165, 1.54) is 23.6 Å². The van der Waals surface area contributed by atoms with E-state index < -0.39 is 0 Å². The Labute approximate surface area is 74.6 Å². The van der Waals surface area contributed by atoms with Crippen molar-refractivity contribution in [2.75, 3.05) is 0 Å². The first-order valence-electron chi connectivity index (χ1n) is 3.96. The number of carbonyl (C=O) groups is 1. The molecule has 1 heterocycles. The topological polar surface area (TPSA) is 22.0 Å².